The number of nitro groups is 1. The summed E-state index contributed by atoms with van der Waals surface area (Å²) in [5, 5.41) is 22.5. The molecular weight excluding hydrogens is 312 g/mol. The normalized spacial score (nSPS) is 10.2. The summed E-state index contributed by atoms with van der Waals surface area (Å²) < 4.78 is 0. The monoisotopic (exact) mass is 322 g/mol. The molecule has 0 fully saturated rings. The van der Waals surface area contributed by atoms with Crippen molar-refractivity contribution in [3.63, 3.8) is 0 Å². The van der Waals surface area contributed by atoms with Crippen LogP contribution in [-0.2, 0) is 4.79 Å². The van der Waals surface area contributed by atoms with Gasteiger partial charge in [0.2, 0.25) is 11.8 Å². The fourth-order valence-corrected chi connectivity index (χ4v) is 2.22. The van der Waals surface area contributed by atoms with Crippen LogP contribution < -0.4 is 10.9 Å². The van der Waals surface area contributed by atoms with Gasteiger partial charge in [-0.15, -0.1) is 0 Å². The summed E-state index contributed by atoms with van der Waals surface area (Å²) in [7, 11) is 0. The number of carbonyl (C=O) groups is 1. The maximum Gasteiger partial charge on any atom is 0.292 e. The number of nitrogens with zero attached hydrogens (tertiary/aromatic N) is 2. The van der Waals surface area contributed by atoms with Gasteiger partial charge in [0.05, 0.1) is 16.7 Å². The summed E-state index contributed by atoms with van der Waals surface area (Å²) in [5.74, 6) is -1.10. The highest BCUT2D eigenvalue weighted by Gasteiger charge is 2.15. The van der Waals surface area contributed by atoms with Gasteiger partial charge in [-0.2, -0.15) is 4.98 Å². The average Bonchev–Trinajstić information content (AvgIpc) is 2.44. The molecule has 0 bridgehead atoms. The van der Waals surface area contributed by atoms with E-state index in [0.29, 0.717) is 0 Å². The number of amides is 1. The van der Waals surface area contributed by atoms with E-state index < -0.39 is 22.3 Å². The van der Waals surface area contributed by atoms with E-state index in [-0.39, 0.29) is 22.3 Å². The molecule has 10 heteroatoms. The maximum atomic E-state index is 11.8. The number of hydrogen-bond acceptors (Lipinski definition) is 7. The first kappa shape index (κ1) is 15.5. The van der Waals surface area contributed by atoms with Crippen LogP contribution in [0.5, 0.6) is 5.88 Å². The van der Waals surface area contributed by atoms with E-state index in [2.05, 4.69) is 15.3 Å². The number of aromatic amines is 1. The molecule has 3 N–H and O–H groups in total. The Kier molecular flexibility index (Phi) is 4.73. The molecule has 2 aromatic rings. The molecule has 0 saturated carbocycles. The second kappa shape index (κ2) is 6.72. The lowest BCUT2D eigenvalue weighted by Gasteiger charge is -2.05. The largest absolute Gasteiger partial charge is 0.493 e. The van der Waals surface area contributed by atoms with Gasteiger partial charge >= 0.3 is 0 Å². The van der Waals surface area contributed by atoms with Crippen molar-refractivity contribution in [2.45, 2.75) is 5.16 Å². The van der Waals surface area contributed by atoms with Crippen molar-refractivity contribution >= 4 is 29.0 Å². The van der Waals surface area contributed by atoms with Crippen LogP contribution in [0.1, 0.15) is 0 Å². The first-order chi connectivity index (χ1) is 10.5. The number of nitro benzene ring substituents is 1. The predicted octanol–water partition coefficient (Wildman–Crippen LogP) is 1.11. The molecule has 1 heterocycles. The van der Waals surface area contributed by atoms with E-state index in [0.717, 1.165) is 17.8 Å². The Morgan fingerprint density at radius 2 is 2.18 bits per heavy atom. The fraction of sp³-hybridized carbons (Fsp3) is 0.0833. The molecule has 0 spiro atoms. The van der Waals surface area contributed by atoms with E-state index in [1.54, 1.807) is 6.07 Å². The van der Waals surface area contributed by atoms with E-state index in [4.69, 9.17) is 0 Å². The smallest absolute Gasteiger partial charge is 0.292 e. The van der Waals surface area contributed by atoms with Crippen LogP contribution in [0.4, 0.5) is 11.4 Å². The predicted molar refractivity (Wildman–Crippen MR) is 79.0 cm³/mol. The number of para-hydroxylation sites is 2. The third-order valence-corrected chi connectivity index (χ3v) is 3.29. The quantitative estimate of drug-likeness (QED) is 0.324. The average molecular weight is 322 g/mol. The van der Waals surface area contributed by atoms with Crippen LogP contribution >= 0.6 is 11.8 Å². The van der Waals surface area contributed by atoms with Crippen molar-refractivity contribution in [2.75, 3.05) is 11.1 Å². The topological polar surface area (TPSA) is 138 Å². The number of aromatic nitrogens is 2. The minimum Gasteiger partial charge on any atom is -0.493 e. The number of carbonyl (C=O) groups excluding carboxylic acids is 1. The lowest BCUT2D eigenvalue weighted by Crippen LogP contribution is -2.16. The summed E-state index contributed by atoms with van der Waals surface area (Å²) in [6.45, 7) is 0. The molecule has 1 amide bonds. The van der Waals surface area contributed by atoms with Crippen LogP contribution in [0.2, 0.25) is 0 Å². The summed E-state index contributed by atoms with van der Waals surface area (Å²) in [6, 6.07) is 6.64. The number of thioether (sulfide) groups is 1. The molecule has 22 heavy (non-hydrogen) atoms. The molecule has 0 aliphatic rings. The molecule has 9 nitrogen and oxygen atoms in total. The Morgan fingerprint density at radius 1 is 1.45 bits per heavy atom. The number of rotatable bonds is 5. The highest BCUT2D eigenvalue weighted by atomic mass is 32.2. The maximum absolute atomic E-state index is 11.8. The van der Waals surface area contributed by atoms with Crippen molar-refractivity contribution in [2.24, 2.45) is 0 Å². The second-order valence-electron chi connectivity index (χ2n) is 4.02. The first-order valence-electron chi connectivity index (χ1n) is 5.92. The van der Waals surface area contributed by atoms with Gasteiger partial charge in [0.25, 0.3) is 11.2 Å². The van der Waals surface area contributed by atoms with Gasteiger partial charge in [-0.3, -0.25) is 19.7 Å². The summed E-state index contributed by atoms with van der Waals surface area (Å²) in [4.78, 5) is 39.1. The van der Waals surface area contributed by atoms with Crippen molar-refractivity contribution < 1.29 is 14.8 Å². The number of nitrogens with one attached hydrogen (secondary N) is 2. The third-order valence-electron chi connectivity index (χ3n) is 2.42. The van der Waals surface area contributed by atoms with Crippen molar-refractivity contribution in [1.82, 2.24) is 9.97 Å². The minimum absolute atomic E-state index is 0.0720. The molecule has 2 rings (SSSR count). The molecule has 0 unspecified atom stereocenters. The molecule has 0 radical (unpaired) electrons. The Hall–Kier alpha value is -2.88. The Labute approximate surface area is 127 Å². The molecule has 0 saturated heterocycles. The van der Waals surface area contributed by atoms with Crippen molar-refractivity contribution in [3.05, 3.63) is 50.8 Å². The van der Waals surface area contributed by atoms with Gasteiger partial charge in [-0.1, -0.05) is 23.9 Å². The number of hydrogen-bond donors (Lipinski definition) is 3. The molecule has 114 valence electrons. The van der Waals surface area contributed by atoms with Gasteiger partial charge in [0.15, 0.2) is 5.16 Å². The van der Waals surface area contributed by atoms with Gasteiger partial charge in [0.1, 0.15) is 5.69 Å². The number of aromatic hydroxyl groups is 1. The van der Waals surface area contributed by atoms with Gasteiger partial charge in [-0.25, -0.2) is 0 Å². The molecule has 1 aromatic heterocycles. The van der Waals surface area contributed by atoms with Gasteiger partial charge in [0, 0.05) is 6.07 Å². The zero-order chi connectivity index (χ0) is 16.1. The molecule has 0 aliphatic carbocycles. The van der Waals surface area contributed by atoms with Gasteiger partial charge < -0.3 is 15.4 Å². The standard InChI is InChI=1S/C12H10N4O5S/c17-9-5-10(18)15-12(14-9)22-6-11(19)13-7-3-1-2-4-8(7)16(20)21/h1-5H,6H2,(H,13,19)(H2,14,15,17,18). The van der Waals surface area contributed by atoms with Crippen molar-refractivity contribution in [3.8, 4) is 5.88 Å². The first-order valence-corrected chi connectivity index (χ1v) is 6.90. The zero-order valence-electron chi connectivity index (χ0n) is 11.0. The lowest BCUT2D eigenvalue weighted by atomic mass is 10.2. The van der Waals surface area contributed by atoms with E-state index in [1.165, 1.54) is 18.2 Å². The van der Waals surface area contributed by atoms with Crippen LogP contribution in [0.15, 0.2) is 40.3 Å². The minimum atomic E-state index is -0.600. The van der Waals surface area contributed by atoms with E-state index in [9.17, 15) is 24.8 Å². The number of anilines is 1. The molecular formula is C12H10N4O5S. The van der Waals surface area contributed by atoms with Gasteiger partial charge in [-0.05, 0) is 6.07 Å². The zero-order valence-corrected chi connectivity index (χ0v) is 11.8. The summed E-state index contributed by atoms with van der Waals surface area (Å²) in [5.41, 5.74) is -0.686. The van der Waals surface area contributed by atoms with Crippen LogP contribution in [-0.4, -0.2) is 31.7 Å². The molecule has 0 atom stereocenters. The van der Waals surface area contributed by atoms with Crippen LogP contribution in [0, 0.1) is 10.1 Å². The Balaban J connectivity index is 2.02. The lowest BCUT2D eigenvalue weighted by molar-refractivity contribution is -0.383. The number of H-pyrrole nitrogens is 1. The molecule has 0 aliphatic heterocycles. The highest BCUT2D eigenvalue weighted by Crippen LogP contribution is 2.23. The van der Waals surface area contributed by atoms with E-state index >= 15 is 0 Å². The van der Waals surface area contributed by atoms with Crippen LogP contribution in [0.3, 0.4) is 0 Å². The second-order valence-corrected chi connectivity index (χ2v) is 4.98. The van der Waals surface area contributed by atoms with Crippen molar-refractivity contribution in [1.29, 1.82) is 0 Å². The SMILES string of the molecule is O=C(CSc1nc(O)cc(=O)[nH]1)Nc1ccccc1[N+](=O)[O-]. The highest BCUT2D eigenvalue weighted by molar-refractivity contribution is 7.99. The third kappa shape index (κ3) is 4.06. The Bertz CT molecular complexity index is 776. The summed E-state index contributed by atoms with van der Waals surface area (Å²) >= 11 is 0.882. The van der Waals surface area contributed by atoms with E-state index in [1.807, 2.05) is 0 Å². The Morgan fingerprint density at radius 3 is 2.86 bits per heavy atom. The number of benzene rings is 1. The summed E-state index contributed by atoms with van der Waals surface area (Å²) in [6.07, 6.45) is 0. The molecule has 1 aromatic carbocycles. The fourth-order valence-electron chi connectivity index (χ4n) is 1.55. The van der Waals surface area contributed by atoms with Crippen LogP contribution in [0.25, 0.3) is 0 Å².